The summed E-state index contributed by atoms with van der Waals surface area (Å²) in [6.45, 7) is 0.353. The Morgan fingerprint density at radius 3 is 2.32 bits per heavy atom. The molecule has 19 heavy (non-hydrogen) atoms. The first kappa shape index (κ1) is 13.9. The van der Waals surface area contributed by atoms with Gasteiger partial charge in [-0.3, -0.25) is 0 Å². The summed E-state index contributed by atoms with van der Waals surface area (Å²) in [5.74, 6) is 0. The molecule has 0 aliphatic heterocycles. The second kappa shape index (κ2) is 5.65. The fraction of sp³-hybridized carbons (Fsp3) is 0.143. The van der Waals surface area contributed by atoms with Crippen LogP contribution < -0.4 is 5.32 Å². The summed E-state index contributed by atoms with van der Waals surface area (Å²) in [6.07, 6.45) is -4.37. The molecule has 0 saturated heterocycles. The first-order valence-electron chi connectivity index (χ1n) is 5.61. The molecule has 0 bridgehead atoms. The summed E-state index contributed by atoms with van der Waals surface area (Å²) in [4.78, 5) is 0. The zero-order valence-corrected chi connectivity index (χ0v) is 11.4. The lowest BCUT2D eigenvalue weighted by molar-refractivity contribution is -0.137. The number of nitrogens with one attached hydrogen (secondary N) is 1. The highest BCUT2D eigenvalue weighted by Gasteiger charge is 2.33. The Hall–Kier alpha value is -1.49. The lowest BCUT2D eigenvalue weighted by Gasteiger charge is -2.15. The minimum absolute atomic E-state index is 0.0829. The molecule has 0 fully saturated rings. The van der Waals surface area contributed by atoms with Crippen molar-refractivity contribution in [2.45, 2.75) is 12.7 Å². The first-order valence-corrected chi connectivity index (χ1v) is 6.40. The van der Waals surface area contributed by atoms with Crippen LogP contribution >= 0.6 is 15.9 Å². The molecule has 100 valence electrons. The molecule has 2 aromatic carbocycles. The molecule has 0 amide bonds. The summed E-state index contributed by atoms with van der Waals surface area (Å²) in [7, 11) is 0. The molecular formula is C14H11BrF3N. The number of benzene rings is 2. The molecule has 0 spiro atoms. The first-order chi connectivity index (χ1) is 8.97. The second-order valence-corrected chi connectivity index (χ2v) is 4.94. The van der Waals surface area contributed by atoms with E-state index in [2.05, 4.69) is 21.2 Å². The maximum Gasteiger partial charge on any atom is 0.418 e. The van der Waals surface area contributed by atoms with E-state index in [-0.39, 0.29) is 5.69 Å². The fourth-order valence-corrected chi connectivity index (χ4v) is 2.06. The van der Waals surface area contributed by atoms with Crippen molar-refractivity contribution in [1.29, 1.82) is 0 Å². The van der Waals surface area contributed by atoms with Crippen LogP contribution in [0.15, 0.2) is 53.0 Å². The van der Waals surface area contributed by atoms with E-state index in [4.69, 9.17) is 0 Å². The zero-order valence-electron chi connectivity index (χ0n) is 9.84. The summed E-state index contributed by atoms with van der Waals surface area (Å²) >= 11 is 3.06. The van der Waals surface area contributed by atoms with Gasteiger partial charge in [0.15, 0.2) is 0 Å². The molecule has 0 aliphatic carbocycles. The van der Waals surface area contributed by atoms with Gasteiger partial charge in [-0.2, -0.15) is 13.2 Å². The van der Waals surface area contributed by atoms with Gasteiger partial charge in [0.1, 0.15) is 0 Å². The van der Waals surface area contributed by atoms with Gasteiger partial charge in [-0.05, 0) is 23.8 Å². The van der Waals surface area contributed by atoms with Crippen molar-refractivity contribution in [3.63, 3.8) is 0 Å². The molecule has 0 atom stereocenters. The predicted octanol–water partition coefficient (Wildman–Crippen LogP) is 5.08. The van der Waals surface area contributed by atoms with Crippen LogP contribution in [0.1, 0.15) is 11.1 Å². The van der Waals surface area contributed by atoms with Crippen molar-refractivity contribution < 1.29 is 13.2 Å². The molecule has 0 aliphatic rings. The van der Waals surface area contributed by atoms with Crippen LogP contribution in [0.3, 0.4) is 0 Å². The highest BCUT2D eigenvalue weighted by atomic mass is 79.9. The van der Waals surface area contributed by atoms with Crippen LogP contribution in [-0.2, 0) is 12.7 Å². The van der Waals surface area contributed by atoms with Gasteiger partial charge in [0, 0.05) is 16.7 Å². The van der Waals surface area contributed by atoms with Crippen molar-refractivity contribution in [2.24, 2.45) is 0 Å². The Morgan fingerprint density at radius 2 is 1.68 bits per heavy atom. The maximum absolute atomic E-state index is 12.9. The van der Waals surface area contributed by atoms with Crippen molar-refractivity contribution in [2.75, 3.05) is 5.32 Å². The van der Waals surface area contributed by atoms with Gasteiger partial charge in [0.05, 0.1) is 5.56 Å². The number of anilines is 1. The Labute approximate surface area is 117 Å². The van der Waals surface area contributed by atoms with Crippen molar-refractivity contribution in [3.8, 4) is 0 Å². The SMILES string of the molecule is FC(F)(F)c1cc(Br)ccc1NCc1ccccc1. The van der Waals surface area contributed by atoms with E-state index in [1.165, 1.54) is 6.07 Å². The predicted molar refractivity (Wildman–Crippen MR) is 72.9 cm³/mol. The highest BCUT2D eigenvalue weighted by molar-refractivity contribution is 9.10. The van der Waals surface area contributed by atoms with Crippen LogP contribution in [0.5, 0.6) is 0 Å². The quantitative estimate of drug-likeness (QED) is 0.827. The Balaban J connectivity index is 2.21. The van der Waals surface area contributed by atoms with E-state index in [9.17, 15) is 13.2 Å². The van der Waals surface area contributed by atoms with Gasteiger partial charge in [-0.25, -0.2) is 0 Å². The average Bonchev–Trinajstić information content (AvgIpc) is 2.37. The van der Waals surface area contributed by atoms with Crippen molar-refractivity contribution in [3.05, 3.63) is 64.1 Å². The summed E-state index contributed by atoms with van der Waals surface area (Å²) in [5.41, 5.74) is 0.343. The minimum atomic E-state index is -4.37. The molecule has 5 heteroatoms. The third-order valence-corrected chi connectivity index (χ3v) is 3.11. The zero-order chi connectivity index (χ0) is 13.9. The van der Waals surface area contributed by atoms with Crippen LogP contribution in [0.25, 0.3) is 0 Å². The van der Waals surface area contributed by atoms with Gasteiger partial charge in [0.25, 0.3) is 0 Å². The maximum atomic E-state index is 12.9. The summed E-state index contributed by atoms with van der Waals surface area (Å²) < 4.78 is 39.1. The van der Waals surface area contributed by atoms with E-state index in [1.807, 2.05) is 30.3 Å². The third-order valence-electron chi connectivity index (χ3n) is 2.61. The van der Waals surface area contributed by atoms with Crippen LogP contribution in [0.4, 0.5) is 18.9 Å². The van der Waals surface area contributed by atoms with Gasteiger partial charge in [-0.1, -0.05) is 46.3 Å². The average molecular weight is 330 g/mol. The number of rotatable bonds is 3. The monoisotopic (exact) mass is 329 g/mol. The molecule has 1 N–H and O–H groups in total. The highest BCUT2D eigenvalue weighted by Crippen LogP contribution is 2.36. The molecule has 0 aromatic heterocycles. The van der Waals surface area contributed by atoms with Crippen LogP contribution in [0, 0.1) is 0 Å². The lowest BCUT2D eigenvalue weighted by atomic mass is 10.1. The van der Waals surface area contributed by atoms with E-state index in [0.29, 0.717) is 11.0 Å². The molecule has 0 heterocycles. The topological polar surface area (TPSA) is 12.0 Å². The largest absolute Gasteiger partial charge is 0.418 e. The molecule has 0 unspecified atom stereocenters. The van der Waals surface area contributed by atoms with Crippen LogP contribution in [-0.4, -0.2) is 0 Å². The normalized spacial score (nSPS) is 11.4. The number of hydrogen-bond donors (Lipinski definition) is 1. The van der Waals surface area contributed by atoms with Gasteiger partial charge in [-0.15, -0.1) is 0 Å². The van der Waals surface area contributed by atoms with Gasteiger partial charge < -0.3 is 5.32 Å². The van der Waals surface area contributed by atoms with Gasteiger partial charge >= 0.3 is 6.18 Å². The van der Waals surface area contributed by atoms with Crippen LogP contribution in [0.2, 0.25) is 0 Å². The minimum Gasteiger partial charge on any atom is -0.380 e. The number of halogens is 4. The van der Waals surface area contributed by atoms with E-state index in [0.717, 1.165) is 11.6 Å². The van der Waals surface area contributed by atoms with E-state index < -0.39 is 11.7 Å². The van der Waals surface area contributed by atoms with Crippen molar-refractivity contribution >= 4 is 21.6 Å². The Kier molecular flexibility index (Phi) is 4.14. The Morgan fingerprint density at radius 1 is 1.00 bits per heavy atom. The molecular weight excluding hydrogens is 319 g/mol. The number of alkyl halides is 3. The lowest BCUT2D eigenvalue weighted by Crippen LogP contribution is -2.10. The van der Waals surface area contributed by atoms with E-state index in [1.54, 1.807) is 6.07 Å². The summed E-state index contributed by atoms with van der Waals surface area (Å²) in [5, 5.41) is 2.82. The van der Waals surface area contributed by atoms with E-state index >= 15 is 0 Å². The smallest absolute Gasteiger partial charge is 0.380 e. The standard InChI is InChI=1S/C14H11BrF3N/c15-11-6-7-13(12(8-11)14(16,17)18)19-9-10-4-2-1-3-5-10/h1-8,19H,9H2. The molecule has 1 nitrogen and oxygen atoms in total. The molecule has 0 saturated carbocycles. The Bertz CT molecular complexity index is 552. The molecule has 2 aromatic rings. The summed E-state index contributed by atoms with van der Waals surface area (Å²) in [6, 6.07) is 13.4. The van der Waals surface area contributed by atoms with Gasteiger partial charge in [0.2, 0.25) is 0 Å². The third kappa shape index (κ3) is 3.73. The number of hydrogen-bond acceptors (Lipinski definition) is 1. The molecule has 0 radical (unpaired) electrons. The molecule has 2 rings (SSSR count). The fourth-order valence-electron chi connectivity index (χ4n) is 1.70. The second-order valence-electron chi connectivity index (χ2n) is 4.03. The van der Waals surface area contributed by atoms with Crippen molar-refractivity contribution in [1.82, 2.24) is 0 Å².